The van der Waals surface area contributed by atoms with Crippen molar-refractivity contribution in [2.24, 2.45) is 0 Å². The number of nitrogens with two attached hydrogens (primary N) is 1. The number of rotatable bonds is 2. The Morgan fingerprint density at radius 2 is 1.76 bits per heavy atom. The zero-order valence-electron chi connectivity index (χ0n) is 14.9. The van der Waals surface area contributed by atoms with Crippen LogP contribution in [-0.2, 0) is 6.18 Å². The molecule has 0 saturated carbocycles. The highest BCUT2D eigenvalue weighted by atomic mass is 35.5. The molecule has 0 saturated heterocycles. The summed E-state index contributed by atoms with van der Waals surface area (Å²) in [6.07, 6.45) is -4.68. The van der Waals surface area contributed by atoms with Crippen molar-refractivity contribution >= 4 is 28.3 Å². The number of anilines is 1. The van der Waals surface area contributed by atoms with E-state index in [1.54, 1.807) is 19.1 Å². The van der Waals surface area contributed by atoms with Gasteiger partial charge in [0, 0.05) is 10.4 Å². The summed E-state index contributed by atoms with van der Waals surface area (Å²) in [5.41, 5.74) is 4.51. The minimum atomic E-state index is -4.68. The van der Waals surface area contributed by atoms with E-state index in [0.717, 1.165) is 10.6 Å². The van der Waals surface area contributed by atoms with E-state index in [1.807, 2.05) is 0 Å². The molecule has 0 radical (unpaired) electrons. The molecule has 0 fully saturated rings. The molecule has 29 heavy (non-hydrogen) atoms. The second kappa shape index (κ2) is 6.66. The maximum atomic E-state index is 13.3. The largest absolute Gasteiger partial charge is 0.461 e. The zero-order chi connectivity index (χ0) is 20.9. The molecule has 0 aliphatic rings. The molecule has 0 spiro atoms. The standard InChI is InChI=1S/C20H13ClF3N3O2/c1-10-2-8-14(29-10)16-17(25)13-7-9-15(20(22,23)24)26-18(13)27(19(16)28)12-5-3-11(21)4-6-12/h2-9H,25H2,1H3. The molecule has 148 valence electrons. The van der Waals surface area contributed by atoms with Crippen molar-refractivity contribution in [1.82, 2.24) is 9.55 Å². The van der Waals surface area contributed by atoms with E-state index < -0.39 is 17.4 Å². The number of hydrogen-bond donors (Lipinski definition) is 1. The summed E-state index contributed by atoms with van der Waals surface area (Å²) in [5, 5.41) is 0.601. The SMILES string of the molecule is Cc1ccc(-c2c(N)c3ccc(C(F)(F)F)nc3n(-c3ccc(Cl)cc3)c2=O)o1. The molecule has 0 bridgehead atoms. The van der Waals surface area contributed by atoms with Crippen LogP contribution in [-0.4, -0.2) is 9.55 Å². The van der Waals surface area contributed by atoms with Gasteiger partial charge in [0.25, 0.3) is 5.56 Å². The Balaban J connectivity index is 2.15. The topological polar surface area (TPSA) is 74.0 Å². The predicted octanol–water partition coefficient (Wildman–Crippen LogP) is 5.21. The van der Waals surface area contributed by atoms with E-state index in [-0.39, 0.29) is 28.0 Å². The summed E-state index contributed by atoms with van der Waals surface area (Å²) in [6.45, 7) is 1.70. The number of benzene rings is 1. The normalized spacial score (nSPS) is 11.9. The fraction of sp³-hybridized carbons (Fsp3) is 0.100. The van der Waals surface area contributed by atoms with Crippen LogP contribution in [0.4, 0.5) is 18.9 Å². The van der Waals surface area contributed by atoms with Gasteiger partial charge in [-0.1, -0.05) is 11.6 Å². The molecule has 0 aliphatic heterocycles. The van der Waals surface area contributed by atoms with E-state index in [1.165, 1.54) is 30.3 Å². The predicted molar refractivity (Wildman–Crippen MR) is 104 cm³/mol. The van der Waals surface area contributed by atoms with Crippen LogP contribution in [0.25, 0.3) is 28.0 Å². The van der Waals surface area contributed by atoms with Gasteiger partial charge in [-0.15, -0.1) is 0 Å². The van der Waals surface area contributed by atoms with Gasteiger partial charge in [-0.25, -0.2) is 4.98 Å². The van der Waals surface area contributed by atoms with Crippen molar-refractivity contribution in [3.05, 3.63) is 75.4 Å². The minimum absolute atomic E-state index is 0.00853. The van der Waals surface area contributed by atoms with Crippen LogP contribution in [0, 0.1) is 6.92 Å². The number of halogens is 4. The monoisotopic (exact) mass is 419 g/mol. The lowest BCUT2D eigenvalue weighted by molar-refractivity contribution is -0.141. The van der Waals surface area contributed by atoms with Crippen LogP contribution in [0.15, 0.2) is 57.7 Å². The summed E-state index contributed by atoms with van der Waals surface area (Å²) in [4.78, 5) is 17.0. The first-order valence-corrected chi connectivity index (χ1v) is 8.80. The average molecular weight is 420 g/mol. The third-order valence-electron chi connectivity index (χ3n) is 4.43. The van der Waals surface area contributed by atoms with Gasteiger partial charge in [-0.2, -0.15) is 13.2 Å². The van der Waals surface area contributed by atoms with Gasteiger partial charge in [0.1, 0.15) is 28.4 Å². The highest BCUT2D eigenvalue weighted by Crippen LogP contribution is 2.34. The smallest absolute Gasteiger partial charge is 0.433 e. The lowest BCUT2D eigenvalue weighted by atomic mass is 10.1. The van der Waals surface area contributed by atoms with Crippen LogP contribution in [0.1, 0.15) is 11.5 Å². The molecule has 9 heteroatoms. The third-order valence-corrected chi connectivity index (χ3v) is 4.68. The number of pyridine rings is 2. The number of fused-ring (bicyclic) bond motifs is 1. The minimum Gasteiger partial charge on any atom is -0.461 e. The van der Waals surface area contributed by atoms with Crippen molar-refractivity contribution in [2.75, 3.05) is 5.73 Å². The molecular formula is C20H13ClF3N3O2. The maximum Gasteiger partial charge on any atom is 0.433 e. The summed E-state index contributed by atoms with van der Waals surface area (Å²) in [7, 11) is 0. The van der Waals surface area contributed by atoms with Crippen LogP contribution in [0.5, 0.6) is 0 Å². The lowest BCUT2D eigenvalue weighted by Crippen LogP contribution is -2.24. The third kappa shape index (κ3) is 3.25. The van der Waals surface area contributed by atoms with Crippen molar-refractivity contribution in [2.45, 2.75) is 13.1 Å². The average Bonchev–Trinajstić information content (AvgIpc) is 3.08. The summed E-state index contributed by atoms with van der Waals surface area (Å²) < 4.78 is 46.3. The quantitative estimate of drug-likeness (QED) is 0.484. The van der Waals surface area contributed by atoms with Crippen molar-refractivity contribution in [3.8, 4) is 17.0 Å². The number of furan rings is 1. The Kier molecular flexibility index (Phi) is 4.38. The van der Waals surface area contributed by atoms with Gasteiger partial charge in [-0.05, 0) is 55.5 Å². The molecule has 3 heterocycles. The van der Waals surface area contributed by atoms with Gasteiger partial charge in [0.15, 0.2) is 0 Å². The first-order valence-electron chi connectivity index (χ1n) is 8.42. The first kappa shape index (κ1) is 19.1. The van der Waals surface area contributed by atoms with Crippen LogP contribution < -0.4 is 11.3 Å². The number of aryl methyl sites for hydroxylation is 1. The van der Waals surface area contributed by atoms with Gasteiger partial charge < -0.3 is 10.2 Å². The summed E-state index contributed by atoms with van der Waals surface area (Å²) >= 11 is 5.91. The Morgan fingerprint density at radius 1 is 1.07 bits per heavy atom. The molecule has 4 aromatic rings. The highest BCUT2D eigenvalue weighted by Gasteiger charge is 2.33. The molecule has 4 rings (SSSR count). The van der Waals surface area contributed by atoms with Crippen molar-refractivity contribution in [3.63, 3.8) is 0 Å². The summed E-state index contributed by atoms with van der Waals surface area (Å²) in [5.74, 6) is 0.775. The number of alkyl halides is 3. The molecule has 5 nitrogen and oxygen atoms in total. The molecule has 0 amide bonds. The van der Waals surface area contributed by atoms with E-state index in [2.05, 4.69) is 4.98 Å². The van der Waals surface area contributed by atoms with Crippen LogP contribution >= 0.6 is 11.6 Å². The van der Waals surface area contributed by atoms with E-state index in [9.17, 15) is 18.0 Å². The Labute approximate surface area is 167 Å². The number of hydrogen-bond acceptors (Lipinski definition) is 4. The zero-order valence-corrected chi connectivity index (χ0v) is 15.7. The number of nitrogen functional groups attached to an aromatic ring is 1. The number of nitrogens with zero attached hydrogens (tertiary/aromatic N) is 2. The van der Waals surface area contributed by atoms with Gasteiger partial charge in [0.05, 0.1) is 11.4 Å². The second-order valence-electron chi connectivity index (χ2n) is 6.38. The fourth-order valence-electron chi connectivity index (χ4n) is 3.08. The molecule has 0 aliphatic carbocycles. The fourth-order valence-corrected chi connectivity index (χ4v) is 3.21. The highest BCUT2D eigenvalue weighted by molar-refractivity contribution is 6.30. The Hall–Kier alpha value is -3.26. The molecule has 0 atom stereocenters. The van der Waals surface area contributed by atoms with Crippen molar-refractivity contribution < 1.29 is 17.6 Å². The number of aromatic nitrogens is 2. The van der Waals surface area contributed by atoms with Gasteiger partial charge >= 0.3 is 6.18 Å². The summed E-state index contributed by atoms with van der Waals surface area (Å²) in [6, 6.07) is 11.3. The molecular weight excluding hydrogens is 407 g/mol. The van der Waals surface area contributed by atoms with Crippen molar-refractivity contribution in [1.29, 1.82) is 0 Å². The Morgan fingerprint density at radius 3 is 2.34 bits per heavy atom. The Bertz CT molecular complexity index is 1290. The molecule has 2 N–H and O–H groups in total. The molecule has 1 aromatic carbocycles. The lowest BCUT2D eigenvalue weighted by Gasteiger charge is -2.16. The van der Waals surface area contributed by atoms with E-state index >= 15 is 0 Å². The van der Waals surface area contributed by atoms with E-state index in [4.69, 9.17) is 21.8 Å². The first-order chi connectivity index (χ1) is 13.7. The van der Waals surface area contributed by atoms with Crippen LogP contribution in [0.2, 0.25) is 5.02 Å². The van der Waals surface area contributed by atoms with E-state index in [0.29, 0.717) is 16.5 Å². The molecule has 0 unspecified atom stereocenters. The van der Waals surface area contributed by atoms with Gasteiger partial charge in [-0.3, -0.25) is 9.36 Å². The second-order valence-corrected chi connectivity index (χ2v) is 6.82. The maximum absolute atomic E-state index is 13.3. The van der Waals surface area contributed by atoms with Gasteiger partial charge in [0.2, 0.25) is 0 Å². The van der Waals surface area contributed by atoms with Crippen LogP contribution in [0.3, 0.4) is 0 Å². The molecule has 3 aromatic heterocycles.